The van der Waals surface area contributed by atoms with Gasteiger partial charge < -0.3 is 24.4 Å². The standard InChI is InChI=1S/C12H14O7/c1-17-8-3-7(4-9(18-2)12(8)16)6-19-11(15)5-10(13)14/h3-4,16H,5-6H2,1-2H3,(H,13,14). The first-order valence-corrected chi connectivity index (χ1v) is 5.29. The van der Waals surface area contributed by atoms with Gasteiger partial charge in [0.05, 0.1) is 14.2 Å². The van der Waals surface area contributed by atoms with Crippen molar-refractivity contribution < 1.29 is 34.0 Å². The normalized spacial score (nSPS) is 9.79. The second-order valence-electron chi connectivity index (χ2n) is 3.58. The molecule has 0 amide bonds. The van der Waals surface area contributed by atoms with Crippen LogP contribution in [-0.2, 0) is 20.9 Å². The number of carbonyl (C=O) groups is 2. The highest BCUT2D eigenvalue weighted by molar-refractivity contribution is 5.90. The number of hydrogen-bond acceptors (Lipinski definition) is 6. The van der Waals surface area contributed by atoms with E-state index in [4.69, 9.17) is 19.3 Å². The number of benzene rings is 1. The average Bonchev–Trinajstić information content (AvgIpc) is 2.36. The van der Waals surface area contributed by atoms with Crippen LogP contribution in [0.2, 0.25) is 0 Å². The molecule has 0 heterocycles. The zero-order chi connectivity index (χ0) is 14.4. The van der Waals surface area contributed by atoms with Crippen molar-refractivity contribution in [3.05, 3.63) is 17.7 Å². The number of carboxylic acids is 1. The fourth-order valence-corrected chi connectivity index (χ4v) is 1.37. The molecule has 0 aliphatic rings. The van der Waals surface area contributed by atoms with E-state index >= 15 is 0 Å². The first kappa shape index (κ1) is 14.6. The van der Waals surface area contributed by atoms with E-state index in [1.165, 1.54) is 26.4 Å². The van der Waals surface area contributed by atoms with Crippen molar-refractivity contribution in [2.75, 3.05) is 14.2 Å². The highest BCUT2D eigenvalue weighted by Crippen LogP contribution is 2.37. The van der Waals surface area contributed by atoms with Crippen LogP contribution in [0, 0.1) is 0 Å². The minimum absolute atomic E-state index is 0.140. The molecule has 1 rings (SSSR count). The maximum absolute atomic E-state index is 11.1. The van der Waals surface area contributed by atoms with Crippen molar-refractivity contribution in [3.63, 3.8) is 0 Å². The Morgan fingerprint density at radius 3 is 2.11 bits per heavy atom. The molecule has 0 spiro atoms. The lowest BCUT2D eigenvalue weighted by molar-refractivity contribution is -0.152. The van der Waals surface area contributed by atoms with Gasteiger partial charge in [0.2, 0.25) is 5.75 Å². The van der Waals surface area contributed by atoms with Gasteiger partial charge in [-0.2, -0.15) is 0 Å². The van der Waals surface area contributed by atoms with Crippen LogP contribution in [-0.4, -0.2) is 36.4 Å². The van der Waals surface area contributed by atoms with Crippen LogP contribution in [0.1, 0.15) is 12.0 Å². The fourth-order valence-electron chi connectivity index (χ4n) is 1.37. The molecular weight excluding hydrogens is 256 g/mol. The Morgan fingerprint density at radius 2 is 1.68 bits per heavy atom. The number of aromatic hydroxyl groups is 1. The van der Waals surface area contributed by atoms with Crippen LogP contribution in [0.15, 0.2) is 12.1 Å². The van der Waals surface area contributed by atoms with Gasteiger partial charge in [-0.1, -0.05) is 0 Å². The quantitative estimate of drug-likeness (QED) is 0.585. The molecule has 0 saturated carbocycles. The summed E-state index contributed by atoms with van der Waals surface area (Å²) in [5.41, 5.74) is 0.505. The number of rotatable bonds is 6. The topological polar surface area (TPSA) is 102 Å². The summed E-state index contributed by atoms with van der Waals surface area (Å²) in [6, 6.07) is 2.93. The number of carbonyl (C=O) groups excluding carboxylic acids is 1. The molecule has 0 aliphatic heterocycles. The first-order chi connectivity index (χ1) is 8.97. The van der Waals surface area contributed by atoms with E-state index in [2.05, 4.69) is 0 Å². The lowest BCUT2D eigenvalue weighted by atomic mass is 10.2. The van der Waals surface area contributed by atoms with E-state index in [1.54, 1.807) is 0 Å². The number of esters is 1. The zero-order valence-corrected chi connectivity index (χ0v) is 10.5. The third-order valence-corrected chi connectivity index (χ3v) is 2.23. The SMILES string of the molecule is COc1cc(COC(=O)CC(=O)O)cc(OC)c1O. The summed E-state index contributed by atoms with van der Waals surface area (Å²) in [6.45, 7) is -0.140. The molecule has 0 radical (unpaired) electrons. The lowest BCUT2D eigenvalue weighted by Crippen LogP contribution is -2.10. The summed E-state index contributed by atoms with van der Waals surface area (Å²) in [5.74, 6) is -1.93. The molecule has 0 aromatic heterocycles. The van der Waals surface area contributed by atoms with E-state index in [0.717, 1.165) is 0 Å². The predicted octanol–water partition coefficient (Wildman–Crippen LogP) is 0.927. The Balaban J connectivity index is 2.78. The summed E-state index contributed by atoms with van der Waals surface area (Å²) >= 11 is 0. The third kappa shape index (κ3) is 4.06. The second kappa shape index (κ2) is 6.48. The minimum Gasteiger partial charge on any atom is -0.502 e. The Labute approximate surface area is 109 Å². The van der Waals surface area contributed by atoms with Crippen molar-refractivity contribution in [1.29, 1.82) is 0 Å². The number of aliphatic carboxylic acids is 1. The van der Waals surface area contributed by atoms with Gasteiger partial charge in [0.1, 0.15) is 13.0 Å². The Kier molecular flexibility index (Phi) is 4.99. The van der Waals surface area contributed by atoms with Gasteiger partial charge in [-0.05, 0) is 17.7 Å². The monoisotopic (exact) mass is 270 g/mol. The molecular formula is C12H14O7. The third-order valence-electron chi connectivity index (χ3n) is 2.23. The van der Waals surface area contributed by atoms with Gasteiger partial charge in [-0.3, -0.25) is 9.59 Å². The second-order valence-corrected chi connectivity index (χ2v) is 3.58. The van der Waals surface area contributed by atoms with Gasteiger partial charge in [0.25, 0.3) is 0 Å². The molecule has 0 aliphatic carbocycles. The molecule has 0 fully saturated rings. The summed E-state index contributed by atoms with van der Waals surface area (Å²) in [4.78, 5) is 21.4. The van der Waals surface area contributed by atoms with Crippen LogP contribution < -0.4 is 9.47 Å². The number of phenols is 1. The first-order valence-electron chi connectivity index (χ1n) is 5.29. The number of carboxylic acid groups (broad SMARTS) is 1. The molecule has 0 saturated heterocycles. The van der Waals surface area contributed by atoms with Crippen molar-refractivity contribution in [2.24, 2.45) is 0 Å². The van der Waals surface area contributed by atoms with E-state index in [0.29, 0.717) is 5.56 Å². The highest BCUT2D eigenvalue weighted by Gasteiger charge is 2.13. The van der Waals surface area contributed by atoms with Crippen molar-refractivity contribution in [3.8, 4) is 17.2 Å². The lowest BCUT2D eigenvalue weighted by Gasteiger charge is -2.11. The summed E-state index contributed by atoms with van der Waals surface area (Å²) in [7, 11) is 2.74. The number of hydrogen-bond donors (Lipinski definition) is 2. The van der Waals surface area contributed by atoms with Crippen LogP contribution in [0.3, 0.4) is 0 Å². The molecule has 0 atom stereocenters. The van der Waals surface area contributed by atoms with Gasteiger partial charge in [-0.25, -0.2) is 0 Å². The summed E-state index contributed by atoms with van der Waals surface area (Å²) < 4.78 is 14.6. The Morgan fingerprint density at radius 1 is 1.16 bits per heavy atom. The Hall–Kier alpha value is -2.44. The van der Waals surface area contributed by atoms with E-state index < -0.39 is 18.4 Å². The highest BCUT2D eigenvalue weighted by atomic mass is 16.5. The van der Waals surface area contributed by atoms with Crippen molar-refractivity contribution in [1.82, 2.24) is 0 Å². The summed E-state index contributed by atoms with van der Waals surface area (Å²) in [5, 5.41) is 18.1. The molecule has 1 aromatic rings. The van der Waals surface area contributed by atoms with Gasteiger partial charge in [0.15, 0.2) is 11.5 Å². The number of methoxy groups -OCH3 is 2. The predicted molar refractivity (Wildman–Crippen MR) is 63.3 cm³/mol. The van der Waals surface area contributed by atoms with Crippen LogP contribution in [0.5, 0.6) is 17.2 Å². The van der Waals surface area contributed by atoms with Crippen molar-refractivity contribution in [2.45, 2.75) is 13.0 Å². The van der Waals surface area contributed by atoms with Crippen molar-refractivity contribution >= 4 is 11.9 Å². The smallest absolute Gasteiger partial charge is 0.317 e. The molecule has 0 bridgehead atoms. The molecule has 7 nitrogen and oxygen atoms in total. The van der Waals surface area contributed by atoms with E-state index in [-0.39, 0.29) is 23.9 Å². The van der Waals surface area contributed by atoms with Crippen LogP contribution >= 0.6 is 0 Å². The molecule has 0 unspecified atom stereocenters. The van der Waals surface area contributed by atoms with Crippen LogP contribution in [0.4, 0.5) is 0 Å². The van der Waals surface area contributed by atoms with Gasteiger partial charge >= 0.3 is 11.9 Å². The van der Waals surface area contributed by atoms with Gasteiger partial charge in [0, 0.05) is 0 Å². The number of phenolic OH excluding ortho intramolecular Hbond substituents is 1. The van der Waals surface area contributed by atoms with E-state index in [9.17, 15) is 14.7 Å². The molecule has 19 heavy (non-hydrogen) atoms. The van der Waals surface area contributed by atoms with Gasteiger partial charge in [-0.15, -0.1) is 0 Å². The Bertz CT molecular complexity index is 456. The number of ether oxygens (including phenoxy) is 3. The fraction of sp³-hybridized carbons (Fsp3) is 0.333. The molecule has 2 N–H and O–H groups in total. The zero-order valence-electron chi connectivity index (χ0n) is 10.5. The largest absolute Gasteiger partial charge is 0.502 e. The molecule has 1 aromatic carbocycles. The minimum atomic E-state index is -1.26. The van der Waals surface area contributed by atoms with Crippen LogP contribution in [0.25, 0.3) is 0 Å². The maximum Gasteiger partial charge on any atom is 0.317 e. The summed E-state index contributed by atoms with van der Waals surface area (Å²) in [6.07, 6.45) is -0.702. The maximum atomic E-state index is 11.1. The average molecular weight is 270 g/mol. The molecule has 104 valence electrons. The van der Waals surface area contributed by atoms with E-state index in [1.807, 2.05) is 0 Å². The molecule has 7 heteroatoms.